The standard InChI is InChI=1S/C13H15NOS/c1-3-10(2)12(13(15)14-9-16)11-7-5-4-6-8-11/h4-8,10,12H,3H2,1-2H3. The molecular weight excluding hydrogens is 218 g/mol. The van der Waals surface area contributed by atoms with E-state index < -0.39 is 0 Å². The maximum absolute atomic E-state index is 11.8. The topological polar surface area (TPSA) is 29.4 Å². The molecule has 0 N–H and O–H groups in total. The fourth-order valence-corrected chi connectivity index (χ4v) is 1.82. The van der Waals surface area contributed by atoms with Gasteiger partial charge in [0.25, 0.3) is 5.91 Å². The van der Waals surface area contributed by atoms with Gasteiger partial charge in [0.05, 0.1) is 11.1 Å². The number of amides is 1. The molecule has 3 heteroatoms. The second kappa shape index (κ2) is 6.31. The van der Waals surface area contributed by atoms with E-state index in [1.807, 2.05) is 30.3 Å². The molecule has 0 heterocycles. The Morgan fingerprint density at radius 2 is 2.06 bits per heavy atom. The fraction of sp³-hybridized carbons (Fsp3) is 0.385. The summed E-state index contributed by atoms with van der Waals surface area (Å²) in [5.74, 6) is -0.154. The molecule has 0 saturated heterocycles. The number of isothiocyanates is 1. The lowest BCUT2D eigenvalue weighted by Gasteiger charge is -2.19. The first-order chi connectivity index (χ1) is 7.70. The largest absolute Gasteiger partial charge is 0.271 e. The zero-order valence-corrected chi connectivity index (χ0v) is 10.3. The molecular formula is C13H15NOS. The Hall–Kier alpha value is -1.31. The molecule has 0 fully saturated rings. The molecule has 1 aromatic rings. The zero-order valence-electron chi connectivity index (χ0n) is 9.51. The predicted octanol–water partition coefficient (Wildman–Crippen LogP) is 3.45. The van der Waals surface area contributed by atoms with Gasteiger partial charge in [-0.05, 0) is 23.7 Å². The fourth-order valence-electron chi connectivity index (χ4n) is 1.73. The molecule has 1 aromatic carbocycles. The zero-order chi connectivity index (χ0) is 12.0. The van der Waals surface area contributed by atoms with E-state index >= 15 is 0 Å². The van der Waals surface area contributed by atoms with Crippen LogP contribution in [0, 0.1) is 5.92 Å². The lowest BCUT2D eigenvalue weighted by atomic mass is 9.85. The summed E-state index contributed by atoms with van der Waals surface area (Å²) >= 11 is 4.48. The average molecular weight is 233 g/mol. The number of hydrogen-bond acceptors (Lipinski definition) is 2. The van der Waals surface area contributed by atoms with Crippen molar-refractivity contribution in [2.24, 2.45) is 10.9 Å². The van der Waals surface area contributed by atoms with Crippen LogP contribution in [0.1, 0.15) is 31.7 Å². The molecule has 0 aromatic heterocycles. The van der Waals surface area contributed by atoms with Crippen molar-refractivity contribution in [3.63, 3.8) is 0 Å². The van der Waals surface area contributed by atoms with Crippen LogP contribution in [0.4, 0.5) is 0 Å². The van der Waals surface area contributed by atoms with Crippen molar-refractivity contribution < 1.29 is 4.79 Å². The molecule has 0 aliphatic rings. The predicted molar refractivity (Wildman–Crippen MR) is 68.7 cm³/mol. The second-order valence-corrected chi connectivity index (χ2v) is 4.00. The molecule has 0 saturated carbocycles. The number of carbonyl (C=O) groups is 1. The van der Waals surface area contributed by atoms with E-state index in [0.717, 1.165) is 12.0 Å². The number of carbonyl (C=O) groups excluding carboxylic acids is 1. The molecule has 84 valence electrons. The van der Waals surface area contributed by atoms with Crippen molar-refractivity contribution in [1.29, 1.82) is 0 Å². The number of thiocarbonyl (C=S) groups is 1. The summed E-state index contributed by atoms with van der Waals surface area (Å²) in [5.41, 5.74) is 0.996. The van der Waals surface area contributed by atoms with Gasteiger partial charge in [0.1, 0.15) is 0 Å². The highest BCUT2D eigenvalue weighted by Crippen LogP contribution is 2.27. The molecule has 0 aliphatic carbocycles. The third kappa shape index (κ3) is 3.09. The Balaban J connectivity index is 3.06. The molecule has 0 spiro atoms. The summed E-state index contributed by atoms with van der Waals surface area (Å²) in [6.07, 6.45) is 0.929. The first kappa shape index (κ1) is 12.8. The molecule has 0 aliphatic heterocycles. The van der Waals surface area contributed by atoms with E-state index in [2.05, 4.69) is 36.2 Å². The minimum atomic E-state index is -0.207. The number of hydrogen-bond donors (Lipinski definition) is 0. The van der Waals surface area contributed by atoms with Crippen molar-refractivity contribution >= 4 is 23.3 Å². The summed E-state index contributed by atoms with van der Waals surface area (Å²) in [5, 5.41) is 2.16. The van der Waals surface area contributed by atoms with Crippen LogP contribution >= 0.6 is 12.2 Å². The number of aliphatic imine (C=N–C) groups is 1. The first-order valence-electron chi connectivity index (χ1n) is 5.37. The molecule has 0 bridgehead atoms. The average Bonchev–Trinajstić information content (AvgIpc) is 2.31. The van der Waals surface area contributed by atoms with Gasteiger partial charge < -0.3 is 0 Å². The van der Waals surface area contributed by atoms with Gasteiger partial charge >= 0.3 is 0 Å². The van der Waals surface area contributed by atoms with Gasteiger partial charge in [0.2, 0.25) is 0 Å². The van der Waals surface area contributed by atoms with Gasteiger partial charge in [-0.2, -0.15) is 4.99 Å². The van der Waals surface area contributed by atoms with E-state index in [9.17, 15) is 4.79 Å². The van der Waals surface area contributed by atoms with Crippen LogP contribution in [0.5, 0.6) is 0 Å². The number of nitrogens with zero attached hydrogens (tertiary/aromatic N) is 1. The third-order valence-corrected chi connectivity index (χ3v) is 2.88. The highest BCUT2D eigenvalue weighted by atomic mass is 32.1. The molecule has 1 rings (SSSR count). The Bertz CT molecular complexity index is 396. The monoisotopic (exact) mass is 233 g/mol. The van der Waals surface area contributed by atoms with Crippen molar-refractivity contribution in [3.8, 4) is 0 Å². The number of rotatable bonds is 4. The minimum Gasteiger partial charge on any atom is -0.271 e. The van der Waals surface area contributed by atoms with Crippen molar-refractivity contribution in [3.05, 3.63) is 35.9 Å². The molecule has 2 atom stereocenters. The van der Waals surface area contributed by atoms with Gasteiger partial charge in [0.15, 0.2) is 0 Å². The number of benzene rings is 1. The highest BCUT2D eigenvalue weighted by Gasteiger charge is 2.25. The van der Waals surface area contributed by atoms with E-state index in [1.54, 1.807) is 0 Å². The van der Waals surface area contributed by atoms with Crippen LogP contribution in [0.25, 0.3) is 0 Å². The summed E-state index contributed by atoms with van der Waals surface area (Å²) in [4.78, 5) is 15.4. The van der Waals surface area contributed by atoms with Crippen LogP contribution in [0.15, 0.2) is 35.3 Å². The van der Waals surface area contributed by atoms with E-state index in [4.69, 9.17) is 0 Å². The summed E-state index contributed by atoms with van der Waals surface area (Å²) in [6.45, 7) is 4.11. The Labute approximate surface area is 101 Å². The summed E-state index contributed by atoms with van der Waals surface area (Å²) in [7, 11) is 0. The van der Waals surface area contributed by atoms with Gasteiger partial charge in [-0.25, -0.2) is 0 Å². The van der Waals surface area contributed by atoms with Crippen LogP contribution < -0.4 is 0 Å². The SMILES string of the molecule is CCC(C)C(C(=O)N=C=S)c1ccccc1. The van der Waals surface area contributed by atoms with Crippen LogP contribution in [0.3, 0.4) is 0 Å². The van der Waals surface area contributed by atoms with Crippen molar-refractivity contribution in [1.82, 2.24) is 0 Å². The van der Waals surface area contributed by atoms with Crippen LogP contribution in [0.2, 0.25) is 0 Å². The normalized spacial score (nSPS) is 13.6. The van der Waals surface area contributed by atoms with E-state index in [1.165, 1.54) is 0 Å². The lowest BCUT2D eigenvalue weighted by Crippen LogP contribution is -2.17. The third-order valence-electron chi connectivity index (χ3n) is 2.79. The van der Waals surface area contributed by atoms with E-state index in [0.29, 0.717) is 0 Å². The van der Waals surface area contributed by atoms with Gasteiger partial charge in [-0.15, -0.1) is 0 Å². The second-order valence-electron chi connectivity index (χ2n) is 3.82. The Morgan fingerprint density at radius 1 is 1.44 bits per heavy atom. The first-order valence-corrected chi connectivity index (χ1v) is 5.78. The minimum absolute atomic E-state index is 0.199. The van der Waals surface area contributed by atoms with Crippen molar-refractivity contribution in [2.45, 2.75) is 26.2 Å². The van der Waals surface area contributed by atoms with E-state index in [-0.39, 0.29) is 17.7 Å². The Morgan fingerprint density at radius 3 is 2.56 bits per heavy atom. The summed E-state index contributed by atoms with van der Waals surface area (Å²) in [6, 6.07) is 9.70. The molecule has 0 radical (unpaired) electrons. The van der Waals surface area contributed by atoms with Gasteiger partial charge in [-0.3, -0.25) is 4.79 Å². The molecule has 16 heavy (non-hydrogen) atoms. The summed E-state index contributed by atoms with van der Waals surface area (Å²) < 4.78 is 0. The lowest BCUT2D eigenvalue weighted by molar-refractivity contribution is -0.120. The maximum atomic E-state index is 11.8. The smallest absolute Gasteiger partial charge is 0.262 e. The molecule has 2 unspecified atom stereocenters. The van der Waals surface area contributed by atoms with Gasteiger partial charge in [-0.1, -0.05) is 50.6 Å². The molecule has 2 nitrogen and oxygen atoms in total. The molecule has 1 amide bonds. The quantitative estimate of drug-likeness (QED) is 0.589. The van der Waals surface area contributed by atoms with Gasteiger partial charge in [0, 0.05) is 0 Å². The maximum Gasteiger partial charge on any atom is 0.262 e. The van der Waals surface area contributed by atoms with Crippen LogP contribution in [-0.4, -0.2) is 11.1 Å². The highest BCUT2D eigenvalue weighted by molar-refractivity contribution is 7.78. The Kier molecular flexibility index (Phi) is 5.03. The van der Waals surface area contributed by atoms with Crippen LogP contribution in [-0.2, 0) is 4.79 Å². The van der Waals surface area contributed by atoms with Crippen molar-refractivity contribution in [2.75, 3.05) is 0 Å².